The van der Waals surface area contributed by atoms with Gasteiger partial charge in [0, 0.05) is 36.1 Å². The molecular formula is C30H26ClFN6O3. The van der Waals surface area contributed by atoms with E-state index in [2.05, 4.69) is 26.7 Å². The number of carbonyl (C=O) groups excluding carboxylic acids is 1. The maximum absolute atomic E-state index is 16.7. The average Bonchev–Trinajstić information content (AvgIpc) is 3.46. The molecule has 0 spiro atoms. The summed E-state index contributed by atoms with van der Waals surface area (Å²) in [5, 5.41) is 19.0. The Morgan fingerprint density at radius 3 is 2.73 bits per heavy atom. The van der Waals surface area contributed by atoms with Crippen molar-refractivity contribution in [2.75, 3.05) is 18.0 Å². The standard InChI is InChI=1S/C30H26ClFN6O3/c1-4-25(40)37-14-17(3)38(15-16(37)2)29-23-11-24(31)26(22-10-19(39)9-18-7-5-6-8-21(18)22)27(32)28(23)35-30(36-29)41-20-12-33-34-13-20/h4-13,16-17,39H,1,14-15H2,2-3H3,(H,33,34)/t16-,17+/m1/s1. The molecule has 5 aromatic rings. The van der Waals surface area contributed by atoms with Crippen LogP contribution >= 0.6 is 11.6 Å². The number of aromatic hydroxyl groups is 1. The maximum atomic E-state index is 16.7. The van der Waals surface area contributed by atoms with Gasteiger partial charge in [-0.05, 0) is 54.5 Å². The molecule has 208 valence electrons. The average molecular weight is 573 g/mol. The van der Waals surface area contributed by atoms with E-state index in [0.29, 0.717) is 35.6 Å². The van der Waals surface area contributed by atoms with Crippen LogP contribution in [0, 0.1) is 5.82 Å². The van der Waals surface area contributed by atoms with Crippen LogP contribution in [0.1, 0.15) is 13.8 Å². The number of anilines is 1. The summed E-state index contributed by atoms with van der Waals surface area (Å²) >= 11 is 6.81. The van der Waals surface area contributed by atoms with Crippen molar-refractivity contribution >= 4 is 45.0 Å². The Hall–Kier alpha value is -4.70. The highest BCUT2D eigenvalue weighted by Crippen LogP contribution is 2.43. The summed E-state index contributed by atoms with van der Waals surface area (Å²) in [6.45, 7) is 8.36. The van der Waals surface area contributed by atoms with Gasteiger partial charge in [0.15, 0.2) is 11.6 Å². The highest BCUT2D eigenvalue weighted by Gasteiger charge is 2.34. The van der Waals surface area contributed by atoms with Gasteiger partial charge in [-0.15, -0.1) is 0 Å². The summed E-state index contributed by atoms with van der Waals surface area (Å²) in [5.74, 6) is -0.0718. The summed E-state index contributed by atoms with van der Waals surface area (Å²) in [4.78, 5) is 25.3. The number of phenols is 1. The van der Waals surface area contributed by atoms with Gasteiger partial charge >= 0.3 is 6.01 Å². The molecule has 1 aliphatic rings. The number of ether oxygens (including phenoxy) is 1. The fourth-order valence-corrected chi connectivity index (χ4v) is 5.71. The highest BCUT2D eigenvalue weighted by molar-refractivity contribution is 6.35. The number of hydrogen-bond acceptors (Lipinski definition) is 7. The van der Waals surface area contributed by atoms with Crippen LogP contribution in [-0.2, 0) is 4.79 Å². The lowest BCUT2D eigenvalue weighted by atomic mass is 9.96. The van der Waals surface area contributed by atoms with Crippen molar-refractivity contribution in [3.05, 3.63) is 78.4 Å². The number of fused-ring (bicyclic) bond motifs is 2. The summed E-state index contributed by atoms with van der Waals surface area (Å²) in [6.07, 6.45) is 4.29. The fraction of sp³-hybridized carbons (Fsp3) is 0.200. The van der Waals surface area contributed by atoms with Crippen molar-refractivity contribution in [1.82, 2.24) is 25.1 Å². The van der Waals surface area contributed by atoms with Gasteiger partial charge in [-0.25, -0.2) is 4.39 Å². The largest absolute Gasteiger partial charge is 0.508 e. The van der Waals surface area contributed by atoms with E-state index in [1.807, 2.05) is 43.0 Å². The zero-order valence-electron chi connectivity index (χ0n) is 22.3. The minimum Gasteiger partial charge on any atom is -0.508 e. The number of H-pyrrole nitrogens is 1. The molecule has 0 unspecified atom stereocenters. The fourth-order valence-electron chi connectivity index (χ4n) is 5.42. The molecule has 2 atom stereocenters. The molecule has 1 aliphatic heterocycles. The van der Waals surface area contributed by atoms with Gasteiger partial charge in [0.1, 0.15) is 17.1 Å². The number of halogens is 2. The third-order valence-electron chi connectivity index (χ3n) is 7.36. The third kappa shape index (κ3) is 4.70. The first kappa shape index (κ1) is 26.5. The third-order valence-corrected chi connectivity index (χ3v) is 7.65. The quantitative estimate of drug-likeness (QED) is 0.246. The van der Waals surface area contributed by atoms with Crippen molar-refractivity contribution < 1.29 is 19.0 Å². The molecule has 1 saturated heterocycles. The molecule has 41 heavy (non-hydrogen) atoms. The van der Waals surface area contributed by atoms with E-state index < -0.39 is 5.82 Å². The maximum Gasteiger partial charge on any atom is 0.324 e. The van der Waals surface area contributed by atoms with Crippen LogP contribution in [0.5, 0.6) is 17.5 Å². The lowest BCUT2D eigenvalue weighted by Crippen LogP contribution is -2.58. The molecule has 1 amide bonds. The van der Waals surface area contributed by atoms with Crippen molar-refractivity contribution in [2.45, 2.75) is 25.9 Å². The molecule has 2 N–H and O–H groups in total. The molecule has 2 aromatic heterocycles. The Bertz CT molecular complexity index is 1810. The number of rotatable bonds is 5. The van der Waals surface area contributed by atoms with E-state index in [1.165, 1.54) is 24.5 Å². The number of carbonyl (C=O) groups is 1. The minimum absolute atomic E-state index is 0.00442. The van der Waals surface area contributed by atoms with Crippen molar-refractivity contribution in [3.63, 3.8) is 0 Å². The second kappa shape index (κ2) is 10.4. The van der Waals surface area contributed by atoms with Gasteiger partial charge in [0.25, 0.3) is 0 Å². The van der Waals surface area contributed by atoms with Crippen molar-refractivity contribution in [2.24, 2.45) is 0 Å². The zero-order chi connectivity index (χ0) is 28.8. The first-order valence-corrected chi connectivity index (χ1v) is 13.4. The van der Waals surface area contributed by atoms with E-state index in [1.54, 1.807) is 17.0 Å². The second-order valence-corrected chi connectivity index (χ2v) is 10.5. The smallest absolute Gasteiger partial charge is 0.324 e. The van der Waals surface area contributed by atoms with Gasteiger partial charge in [-0.3, -0.25) is 9.89 Å². The number of phenolic OH excluding ortho intramolecular Hbond substituents is 1. The second-order valence-electron chi connectivity index (χ2n) is 10.1. The van der Waals surface area contributed by atoms with E-state index in [9.17, 15) is 9.90 Å². The molecule has 0 aliphatic carbocycles. The van der Waals surface area contributed by atoms with Crippen LogP contribution in [0.4, 0.5) is 10.2 Å². The summed E-state index contributed by atoms with van der Waals surface area (Å²) in [5.41, 5.74) is 0.541. The Balaban J connectivity index is 1.56. The molecule has 1 fully saturated rings. The number of nitrogens with one attached hydrogen (secondary N) is 1. The Labute approximate surface area is 239 Å². The summed E-state index contributed by atoms with van der Waals surface area (Å²) < 4.78 is 22.5. The number of amides is 1. The SMILES string of the molecule is C=CC(=O)N1C[C@H](C)N(c2nc(Oc3cn[nH]c3)nc3c(F)c(-c4cc(O)cc5ccccc45)c(Cl)cc23)C[C@H]1C. The molecule has 3 heterocycles. The Kier molecular flexibility index (Phi) is 6.70. The molecule has 6 rings (SSSR count). The van der Waals surface area contributed by atoms with E-state index in [0.717, 1.165) is 10.8 Å². The highest BCUT2D eigenvalue weighted by atomic mass is 35.5. The lowest BCUT2D eigenvalue weighted by Gasteiger charge is -2.44. The van der Waals surface area contributed by atoms with Crippen LogP contribution in [0.2, 0.25) is 5.02 Å². The molecular weight excluding hydrogens is 547 g/mol. The monoisotopic (exact) mass is 572 g/mol. The first-order valence-electron chi connectivity index (χ1n) is 13.0. The van der Waals surface area contributed by atoms with Gasteiger partial charge in [-0.1, -0.05) is 42.4 Å². The van der Waals surface area contributed by atoms with Gasteiger partial charge in [-0.2, -0.15) is 15.1 Å². The van der Waals surface area contributed by atoms with Crippen LogP contribution in [0.3, 0.4) is 0 Å². The minimum atomic E-state index is -0.676. The first-order chi connectivity index (χ1) is 19.7. The molecule has 0 saturated carbocycles. The number of piperazine rings is 1. The van der Waals surface area contributed by atoms with E-state index in [-0.39, 0.29) is 45.9 Å². The van der Waals surface area contributed by atoms with Crippen molar-refractivity contribution in [3.8, 4) is 28.6 Å². The predicted molar refractivity (Wildman–Crippen MR) is 156 cm³/mol. The van der Waals surface area contributed by atoms with E-state index in [4.69, 9.17) is 16.3 Å². The molecule has 0 radical (unpaired) electrons. The van der Waals surface area contributed by atoms with E-state index >= 15 is 4.39 Å². The number of benzene rings is 3. The molecule has 3 aromatic carbocycles. The number of aromatic amines is 1. The normalized spacial score (nSPS) is 17.3. The van der Waals surface area contributed by atoms with Crippen LogP contribution in [0.25, 0.3) is 32.8 Å². The topological polar surface area (TPSA) is 107 Å². The molecule has 11 heteroatoms. The molecule has 9 nitrogen and oxygen atoms in total. The van der Waals surface area contributed by atoms with Crippen molar-refractivity contribution in [1.29, 1.82) is 0 Å². The van der Waals surface area contributed by atoms with Crippen LogP contribution in [0.15, 0.2) is 67.5 Å². The number of aromatic nitrogens is 4. The van der Waals surface area contributed by atoms with Gasteiger partial charge in [0.2, 0.25) is 5.91 Å². The number of nitrogens with zero attached hydrogens (tertiary/aromatic N) is 5. The van der Waals surface area contributed by atoms with Gasteiger partial charge in [0.05, 0.1) is 17.4 Å². The lowest BCUT2D eigenvalue weighted by molar-refractivity contribution is -0.128. The van der Waals surface area contributed by atoms with Gasteiger partial charge < -0.3 is 19.6 Å². The summed E-state index contributed by atoms with van der Waals surface area (Å²) in [6, 6.07) is 11.7. The van der Waals surface area contributed by atoms with Crippen LogP contribution in [-0.4, -0.2) is 61.3 Å². The molecule has 0 bridgehead atoms. The Morgan fingerprint density at radius 2 is 1.98 bits per heavy atom. The summed E-state index contributed by atoms with van der Waals surface area (Å²) in [7, 11) is 0. The van der Waals surface area contributed by atoms with Crippen LogP contribution < -0.4 is 9.64 Å². The number of hydrogen-bond donors (Lipinski definition) is 2. The Morgan fingerprint density at radius 1 is 1.17 bits per heavy atom. The predicted octanol–water partition coefficient (Wildman–Crippen LogP) is 6.08. The zero-order valence-corrected chi connectivity index (χ0v) is 23.1.